The molecule has 0 aromatic rings. The minimum Gasteiger partial charge on any atom is -0.387 e. The highest BCUT2D eigenvalue weighted by Gasteiger charge is 2.27. The van der Waals surface area contributed by atoms with Gasteiger partial charge in [0.2, 0.25) is 5.91 Å². The summed E-state index contributed by atoms with van der Waals surface area (Å²) in [6, 6.07) is -0.872. The van der Waals surface area contributed by atoms with Gasteiger partial charge in [0.25, 0.3) is 0 Å². The van der Waals surface area contributed by atoms with Crippen LogP contribution in [0.2, 0.25) is 0 Å². The van der Waals surface area contributed by atoms with Crippen molar-refractivity contribution in [2.24, 2.45) is 0 Å². The summed E-state index contributed by atoms with van der Waals surface area (Å²) in [5, 5.41) is 13.7. The number of aliphatic hydroxyl groups excluding tert-OH is 1. The Balaban J connectivity index is 4.53. The standard InChI is InChI=1S/C44H77N2O6P/c1-6-8-10-12-14-16-18-19-20-21-22-23-24-25-26-27-28-30-32-34-36-38-44(48)45-42(41-52-53(49,50)51-40-39-46(3,4)5)43(47)37-35-33-31-29-17-15-13-11-9-7-2/h8,10,14,16,19-20,22-23,25-26,28,30,35,37,42-43,47H,6-7,9,11-13,15,17-18,21,24,27,29,31-34,36,38-41H2,1-5H3,(H-,45,48,49,50)/p+1/b10-8-,16-14-,20-19-,23-22-,26-25-,30-28-,37-35+. The number of phosphoric acid groups is 1. The van der Waals surface area contributed by atoms with Crippen LogP contribution in [0.25, 0.3) is 0 Å². The maximum atomic E-state index is 12.8. The van der Waals surface area contributed by atoms with Crippen LogP contribution < -0.4 is 5.32 Å². The summed E-state index contributed by atoms with van der Waals surface area (Å²) in [5.41, 5.74) is 0. The number of hydrogen-bond acceptors (Lipinski definition) is 5. The maximum absolute atomic E-state index is 12.8. The number of likely N-dealkylation sites (N-methyl/N-ethyl adjacent to an activating group) is 1. The molecule has 1 amide bonds. The Kier molecular flexibility index (Phi) is 33.8. The highest BCUT2D eigenvalue weighted by atomic mass is 31.2. The van der Waals surface area contributed by atoms with Crippen molar-refractivity contribution in [2.75, 3.05) is 40.9 Å². The van der Waals surface area contributed by atoms with E-state index in [0.29, 0.717) is 23.9 Å². The molecule has 3 atom stereocenters. The van der Waals surface area contributed by atoms with E-state index in [4.69, 9.17) is 9.05 Å². The highest BCUT2D eigenvalue weighted by Crippen LogP contribution is 2.43. The van der Waals surface area contributed by atoms with E-state index in [9.17, 15) is 19.4 Å². The molecule has 9 heteroatoms. The van der Waals surface area contributed by atoms with Crippen molar-refractivity contribution in [3.63, 3.8) is 0 Å². The molecule has 304 valence electrons. The number of carbonyl (C=O) groups is 1. The van der Waals surface area contributed by atoms with Crippen molar-refractivity contribution in [1.29, 1.82) is 0 Å². The second-order valence-corrected chi connectivity index (χ2v) is 16.1. The fraction of sp³-hybridized carbons (Fsp3) is 0.659. The summed E-state index contributed by atoms with van der Waals surface area (Å²) in [7, 11) is 1.52. The Labute approximate surface area is 325 Å². The number of carbonyl (C=O) groups excluding carboxylic acids is 1. The molecule has 0 fully saturated rings. The molecular formula is C44H78N2O6P+. The van der Waals surface area contributed by atoms with Crippen LogP contribution in [0.4, 0.5) is 0 Å². The number of allylic oxidation sites excluding steroid dienone is 13. The van der Waals surface area contributed by atoms with Crippen molar-refractivity contribution in [3.05, 3.63) is 85.1 Å². The SMILES string of the molecule is CC/C=C\C/C=C\C/C=C\C/C=C\C/C=C\C/C=C\CCCCC(=O)NC(COP(=O)(O)OCC[N+](C)(C)C)C(O)/C=C/CCCCCCCCCC. The Hall–Kier alpha value is -2.32. The molecule has 0 aliphatic heterocycles. The molecule has 0 saturated heterocycles. The number of nitrogens with one attached hydrogen (secondary N) is 1. The van der Waals surface area contributed by atoms with Crippen molar-refractivity contribution in [2.45, 2.75) is 148 Å². The number of phosphoric ester groups is 1. The van der Waals surface area contributed by atoms with E-state index >= 15 is 0 Å². The Morgan fingerprint density at radius 1 is 0.660 bits per heavy atom. The van der Waals surface area contributed by atoms with Crippen molar-refractivity contribution < 1.29 is 32.9 Å². The van der Waals surface area contributed by atoms with E-state index in [-0.39, 0.29) is 19.1 Å². The lowest BCUT2D eigenvalue weighted by molar-refractivity contribution is -0.870. The zero-order valence-corrected chi connectivity index (χ0v) is 35.1. The lowest BCUT2D eigenvalue weighted by atomic mass is 10.1. The van der Waals surface area contributed by atoms with Crippen LogP contribution in [0.1, 0.15) is 136 Å². The van der Waals surface area contributed by atoms with Gasteiger partial charge in [0.05, 0.1) is 39.9 Å². The molecule has 0 spiro atoms. The molecule has 0 rings (SSSR count). The number of unbranched alkanes of at least 4 members (excludes halogenated alkanes) is 10. The van der Waals surface area contributed by atoms with Gasteiger partial charge in [-0.05, 0) is 70.6 Å². The van der Waals surface area contributed by atoms with Gasteiger partial charge in [0.1, 0.15) is 13.2 Å². The Bertz CT molecular complexity index is 1140. The van der Waals surface area contributed by atoms with Gasteiger partial charge in [-0.15, -0.1) is 0 Å². The molecule has 3 unspecified atom stereocenters. The monoisotopic (exact) mass is 762 g/mol. The number of hydrogen-bond donors (Lipinski definition) is 3. The first-order valence-corrected chi connectivity index (χ1v) is 22.0. The average molecular weight is 762 g/mol. The smallest absolute Gasteiger partial charge is 0.387 e. The fourth-order valence-electron chi connectivity index (χ4n) is 5.10. The molecule has 0 heterocycles. The van der Waals surface area contributed by atoms with E-state index in [0.717, 1.165) is 70.6 Å². The number of aliphatic hydroxyl groups is 1. The molecule has 0 aromatic carbocycles. The molecular weight excluding hydrogens is 683 g/mol. The third-order valence-corrected chi connectivity index (χ3v) is 9.36. The second kappa shape index (κ2) is 35.4. The van der Waals surface area contributed by atoms with Gasteiger partial charge in [-0.1, -0.05) is 144 Å². The molecule has 3 N–H and O–H groups in total. The Morgan fingerprint density at radius 2 is 1.13 bits per heavy atom. The highest BCUT2D eigenvalue weighted by molar-refractivity contribution is 7.47. The largest absolute Gasteiger partial charge is 0.472 e. The van der Waals surface area contributed by atoms with E-state index < -0.39 is 20.0 Å². The normalized spacial score (nSPS) is 15.4. The summed E-state index contributed by atoms with van der Waals surface area (Å²) in [6.07, 6.45) is 48.0. The maximum Gasteiger partial charge on any atom is 0.472 e. The van der Waals surface area contributed by atoms with Crippen LogP contribution in [0.15, 0.2) is 85.1 Å². The van der Waals surface area contributed by atoms with E-state index in [2.05, 4.69) is 92.1 Å². The average Bonchev–Trinajstić information content (AvgIpc) is 3.10. The van der Waals surface area contributed by atoms with Crippen molar-refractivity contribution >= 4 is 13.7 Å². The summed E-state index contributed by atoms with van der Waals surface area (Å²) in [4.78, 5) is 23.0. The van der Waals surface area contributed by atoms with Crippen molar-refractivity contribution in [1.82, 2.24) is 5.32 Å². The van der Waals surface area contributed by atoms with Crippen molar-refractivity contribution in [3.8, 4) is 0 Å². The van der Waals surface area contributed by atoms with E-state index in [1.165, 1.54) is 38.5 Å². The molecule has 0 saturated carbocycles. The predicted molar refractivity (Wildman–Crippen MR) is 226 cm³/mol. The molecule has 0 aliphatic carbocycles. The summed E-state index contributed by atoms with van der Waals surface area (Å²) in [5.74, 6) is -0.226. The molecule has 0 aliphatic rings. The topological polar surface area (TPSA) is 105 Å². The van der Waals surface area contributed by atoms with E-state index in [1.807, 2.05) is 27.2 Å². The molecule has 0 bridgehead atoms. The minimum atomic E-state index is -4.35. The van der Waals surface area contributed by atoms with Gasteiger partial charge in [-0.2, -0.15) is 0 Å². The summed E-state index contributed by atoms with van der Waals surface area (Å²) >= 11 is 0. The second-order valence-electron chi connectivity index (χ2n) is 14.6. The predicted octanol–water partition coefficient (Wildman–Crippen LogP) is 11.0. The lowest BCUT2D eigenvalue weighted by Crippen LogP contribution is -2.45. The molecule has 0 aromatic heterocycles. The van der Waals surface area contributed by atoms with Gasteiger partial charge in [-0.25, -0.2) is 4.57 Å². The summed E-state index contributed by atoms with van der Waals surface area (Å²) in [6.45, 7) is 4.60. The van der Waals surface area contributed by atoms with Crippen LogP contribution in [0, 0.1) is 0 Å². The first kappa shape index (κ1) is 50.7. The third-order valence-electron chi connectivity index (χ3n) is 8.37. The first-order valence-electron chi connectivity index (χ1n) is 20.5. The molecule has 8 nitrogen and oxygen atoms in total. The van der Waals surface area contributed by atoms with Gasteiger partial charge in [0.15, 0.2) is 0 Å². The van der Waals surface area contributed by atoms with Crippen LogP contribution in [-0.2, 0) is 18.4 Å². The lowest BCUT2D eigenvalue weighted by Gasteiger charge is -2.25. The number of rotatable bonds is 35. The van der Waals surface area contributed by atoms with Gasteiger partial charge < -0.3 is 19.8 Å². The zero-order valence-electron chi connectivity index (χ0n) is 34.2. The number of nitrogens with zero attached hydrogens (tertiary/aromatic N) is 1. The quantitative estimate of drug-likeness (QED) is 0.0257. The third kappa shape index (κ3) is 37.8. The van der Waals surface area contributed by atoms with Gasteiger partial charge >= 0.3 is 7.82 Å². The number of quaternary nitrogens is 1. The summed E-state index contributed by atoms with van der Waals surface area (Å²) < 4.78 is 23.4. The minimum absolute atomic E-state index is 0.0477. The fourth-order valence-corrected chi connectivity index (χ4v) is 5.84. The van der Waals surface area contributed by atoms with Crippen LogP contribution in [0.5, 0.6) is 0 Å². The van der Waals surface area contributed by atoms with Crippen LogP contribution >= 0.6 is 7.82 Å². The Morgan fingerprint density at radius 3 is 1.66 bits per heavy atom. The van der Waals surface area contributed by atoms with Gasteiger partial charge in [0, 0.05) is 6.42 Å². The zero-order chi connectivity index (χ0) is 39.3. The molecule has 53 heavy (non-hydrogen) atoms. The molecule has 0 radical (unpaired) electrons. The number of amides is 1. The van der Waals surface area contributed by atoms with Gasteiger partial charge in [-0.3, -0.25) is 13.8 Å². The van der Waals surface area contributed by atoms with Crippen LogP contribution in [0.3, 0.4) is 0 Å². The van der Waals surface area contributed by atoms with E-state index in [1.54, 1.807) is 6.08 Å². The first-order chi connectivity index (χ1) is 25.5. The van der Waals surface area contributed by atoms with Crippen LogP contribution in [-0.4, -0.2) is 73.4 Å².